The second kappa shape index (κ2) is 11.9. The van der Waals surface area contributed by atoms with E-state index in [9.17, 15) is 9.90 Å². The highest BCUT2D eigenvalue weighted by atomic mass is 16.5. The van der Waals surface area contributed by atoms with E-state index < -0.39 is 5.97 Å². The highest BCUT2D eigenvalue weighted by molar-refractivity contribution is 5.67. The second-order valence-electron chi connectivity index (χ2n) is 8.21. The summed E-state index contributed by atoms with van der Waals surface area (Å²) in [5.74, 6) is 0.400. The predicted molar refractivity (Wildman–Crippen MR) is 98.2 cm³/mol. The first-order valence-electron chi connectivity index (χ1n) is 10.6. The molecule has 2 unspecified atom stereocenters. The van der Waals surface area contributed by atoms with E-state index in [0.29, 0.717) is 12.3 Å². The van der Waals surface area contributed by atoms with Crippen molar-refractivity contribution in [2.24, 2.45) is 11.8 Å². The average Bonchev–Trinajstić information content (AvgIpc) is 2.52. The maximum Gasteiger partial charge on any atom is 0.303 e. The Morgan fingerprint density at radius 2 is 1.25 bits per heavy atom. The Labute approximate surface area is 148 Å². The molecule has 24 heavy (non-hydrogen) atoms. The van der Waals surface area contributed by atoms with Crippen molar-refractivity contribution in [3.05, 3.63) is 0 Å². The van der Waals surface area contributed by atoms with Crippen molar-refractivity contribution in [3.63, 3.8) is 0 Å². The number of rotatable bonds is 5. The highest BCUT2D eigenvalue weighted by Crippen LogP contribution is 2.28. The molecule has 1 N–H and O–H groups in total. The Kier molecular flexibility index (Phi) is 9.79. The van der Waals surface area contributed by atoms with E-state index in [1.807, 2.05) is 0 Å². The molecule has 2 fully saturated rings. The predicted octanol–water partition coefficient (Wildman–Crippen LogP) is 5.96. The first-order valence-corrected chi connectivity index (χ1v) is 10.6. The van der Waals surface area contributed by atoms with E-state index in [-0.39, 0.29) is 6.10 Å². The van der Waals surface area contributed by atoms with Gasteiger partial charge in [-0.3, -0.25) is 4.79 Å². The Balaban J connectivity index is 1.81. The fourth-order valence-corrected chi connectivity index (χ4v) is 4.51. The minimum atomic E-state index is -0.643. The van der Waals surface area contributed by atoms with Crippen LogP contribution in [0.3, 0.4) is 0 Å². The van der Waals surface area contributed by atoms with E-state index in [1.165, 1.54) is 77.0 Å². The van der Waals surface area contributed by atoms with Crippen molar-refractivity contribution < 1.29 is 14.6 Å². The van der Waals surface area contributed by atoms with Gasteiger partial charge >= 0.3 is 5.97 Å². The van der Waals surface area contributed by atoms with Gasteiger partial charge in [0.25, 0.3) is 0 Å². The number of hydrogen-bond acceptors (Lipinski definition) is 2. The molecular formula is C21H38O3. The standard InChI is InChI=1S/C21H38O3/c22-21(23)16-19-13-9-5-2-6-10-14-20(15-19)24-17-18-11-7-3-1-4-8-12-18/h18-20H,1-17H2,(H,22,23). The number of carbonyl (C=O) groups is 1. The van der Waals surface area contributed by atoms with Crippen molar-refractivity contribution in [1.82, 2.24) is 0 Å². The summed E-state index contributed by atoms with van der Waals surface area (Å²) in [6, 6.07) is 0. The molecule has 2 saturated carbocycles. The molecular weight excluding hydrogens is 300 g/mol. The number of carboxylic acid groups (broad SMARTS) is 1. The average molecular weight is 339 g/mol. The van der Waals surface area contributed by atoms with Gasteiger partial charge in [0.1, 0.15) is 0 Å². The molecule has 140 valence electrons. The van der Waals surface area contributed by atoms with Crippen LogP contribution >= 0.6 is 0 Å². The number of carboxylic acids is 1. The van der Waals surface area contributed by atoms with E-state index in [1.54, 1.807) is 0 Å². The SMILES string of the molecule is O=C(O)CC1CCCCCCCC(OCC2CCCCCCC2)C1. The van der Waals surface area contributed by atoms with E-state index in [4.69, 9.17) is 4.74 Å². The molecule has 0 aliphatic heterocycles. The summed E-state index contributed by atoms with van der Waals surface area (Å²) in [6.07, 6.45) is 19.6. The van der Waals surface area contributed by atoms with Crippen LogP contribution in [0.1, 0.15) is 103 Å². The summed E-state index contributed by atoms with van der Waals surface area (Å²) < 4.78 is 6.37. The van der Waals surface area contributed by atoms with Gasteiger partial charge in [-0.15, -0.1) is 0 Å². The number of hydrogen-bond donors (Lipinski definition) is 1. The number of aliphatic carboxylic acids is 1. The Hall–Kier alpha value is -0.570. The fourth-order valence-electron chi connectivity index (χ4n) is 4.51. The zero-order valence-electron chi connectivity index (χ0n) is 15.5. The third-order valence-electron chi connectivity index (χ3n) is 5.99. The summed E-state index contributed by atoms with van der Waals surface area (Å²) in [4.78, 5) is 11.2. The molecule has 0 radical (unpaired) electrons. The van der Waals surface area contributed by atoms with Gasteiger partial charge in [-0.2, -0.15) is 0 Å². The molecule has 0 amide bonds. The van der Waals surface area contributed by atoms with Crippen LogP contribution in [-0.2, 0) is 9.53 Å². The minimum Gasteiger partial charge on any atom is -0.481 e. The molecule has 0 aromatic carbocycles. The number of ether oxygens (including phenoxy) is 1. The Morgan fingerprint density at radius 3 is 1.83 bits per heavy atom. The smallest absolute Gasteiger partial charge is 0.303 e. The minimum absolute atomic E-state index is 0.290. The topological polar surface area (TPSA) is 46.5 Å². The van der Waals surface area contributed by atoms with Crippen molar-refractivity contribution >= 4 is 5.97 Å². The summed E-state index contributed by atoms with van der Waals surface area (Å²) in [7, 11) is 0. The lowest BCUT2D eigenvalue weighted by Crippen LogP contribution is -2.24. The van der Waals surface area contributed by atoms with Crippen LogP contribution in [0.2, 0.25) is 0 Å². The van der Waals surface area contributed by atoms with Crippen molar-refractivity contribution in [3.8, 4) is 0 Å². The van der Waals surface area contributed by atoms with Gasteiger partial charge in [0.05, 0.1) is 6.10 Å². The first-order chi connectivity index (χ1) is 11.7. The molecule has 2 rings (SSSR count). The summed E-state index contributed by atoms with van der Waals surface area (Å²) in [5, 5.41) is 9.19. The summed E-state index contributed by atoms with van der Waals surface area (Å²) in [5.41, 5.74) is 0. The van der Waals surface area contributed by atoms with Crippen LogP contribution in [0.4, 0.5) is 0 Å². The van der Waals surface area contributed by atoms with Crippen molar-refractivity contribution in [1.29, 1.82) is 0 Å². The van der Waals surface area contributed by atoms with Crippen LogP contribution in [0, 0.1) is 11.8 Å². The fraction of sp³-hybridized carbons (Fsp3) is 0.952. The maximum absolute atomic E-state index is 11.2. The van der Waals surface area contributed by atoms with Crippen LogP contribution in [-0.4, -0.2) is 23.8 Å². The first kappa shape index (κ1) is 19.8. The molecule has 0 spiro atoms. The largest absolute Gasteiger partial charge is 0.481 e. The van der Waals surface area contributed by atoms with Crippen molar-refractivity contribution in [2.45, 2.75) is 109 Å². The molecule has 0 aromatic rings. The molecule has 0 saturated heterocycles. The lowest BCUT2D eigenvalue weighted by atomic mass is 9.88. The molecule has 0 aromatic heterocycles. The van der Waals surface area contributed by atoms with Crippen molar-refractivity contribution in [2.75, 3.05) is 6.61 Å². The monoisotopic (exact) mass is 338 g/mol. The highest BCUT2D eigenvalue weighted by Gasteiger charge is 2.22. The van der Waals surface area contributed by atoms with Gasteiger partial charge in [-0.25, -0.2) is 0 Å². The van der Waals surface area contributed by atoms with Crippen LogP contribution in [0.25, 0.3) is 0 Å². The summed E-state index contributed by atoms with van der Waals surface area (Å²) in [6.45, 7) is 0.907. The zero-order valence-corrected chi connectivity index (χ0v) is 15.5. The lowest BCUT2D eigenvalue weighted by molar-refractivity contribution is -0.138. The third kappa shape index (κ3) is 8.50. The van der Waals surface area contributed by atoms with Gasteiger partial charge in [0.15, 0.2) is 0 Å². The van der Waals surface area contributed by atoms with Crippen LogP contribution < -0.4 is 0 Å². The quantitative estimate of drug-likeness (QED) is 0.673. The Bertz CT molecular complexity index is 334. The van der Waals surface area contributed by atoms with Gasteiger partial charge in [-0.05, 0) is 43.9 Å². The normalized spacial score (nSPS) is 28.7. The van der Waals surface area contributed by atoms with E-state index in [2.05, 4.69) is 0 Å². The zero-order chi connectivity index (χ0) is 17.0. The molecule has 2 aliphatic carbocycles. The molecule has 0 bridgehead atoms. The molecule has 2 aliphatic rings. The molecule has 2 atom stereocenters. The van der Waals surface area contributed by atoms with Gasteiger partial charge < -0.3 is 9.84 Å². The van der Waals surface area contributed by atoms with Crippen LogP contribution in [0.15, 0.2) is 0 Å². The van der Waals surface area contributed by atoms with Crippen LogP contribution in [0.5, 0.6) is 0 Å². The molecule has 0 heterocycles. The second-order valence-corrected chi connectivity index (χ2v) is 8.21. The third-order valence-corrected chi connectivity index (χ3v) is 5.99. The molecule has 3 nitrogen and oxygen atoms in total. The van der Waals surface area contributed by atoms with Gasteiger partial charge in [-0.1, -0.05) is 64.2 Å². The lowest BCUT2D eigenvalue weighted by Gasteiger charge is -2.27. The molecule has 3 heteroatoms. The van der Waals surface area contributed by atoms with Gasteiger partial charge in [0.2, 0.25) is 0 Å². The van der Waals surface area contributed by atoms with Gasteiger partial charge in [0, 0.05) is 13.0 Å². The van der Waals surface area contributed by atoms with E-state index in [0.717, 1.165) is 31.8 Å². The Morgan fingerprint density at radius 1 is 0.750 bits per heavy atom. The maximum atomic E-state index is 11.2. The summed E-state index contributed by atoms with van der Waals surface area (Å²) >= 11 is 0. The van der Waals surface area contributed by atoms with E-state index >= 15 is 0 Å².